The highest BCUT2D eigenvalue weighted by molar-refractivity contribution is 6.51. The molecule has 2 aliphatic heterocycles. The number of hydrogen-bond donors (Lipinski definition) is 1. The summed E-state index contributed by atoms with van der Waals surface area (Å²) < 4.78 is 11.3. The van der Waals surface area contributed by atoms with Crippen LogP contribution >= 0.6 is 0 Å². The number of fused-ring (bicyclic) bond motifs is 1. The van der Waals surface area contributed by atoms with Crippen molar-refractivity contribution >= 4 is 23.1 Å². The maximum atomic E-state index is 13.3. The second-order valence-electron chi connectivity index (χ2n) is 8.66. The van der Waals surface area contributed by atoms with E-state index >= 15 is 0 Å². The first-order valence-electron chi connectivity index (χ1n) is 11.3. The van der Waals surface area contributed by atoms with Crippen LogP contribution in [0.1, 0.15) is 36.6 Å². The number of ketones is 1. The van der Waals surface area contributed by atoms with Gasteiger partial charge in [0.2, 0.25) is 0 Å². The molecule has 1 fully saturated rings. The molecule has 5 rings (SSSR count). The third-order valence-corrected chi connectivity index (χ3v) is 6.01. The molecule has 3 aromatic carbocycles. The van der Waals surface area contributed by atoms with E-state index in [1.165, 1.54) is 4.90 Å². The summed E-state index contributed by atoms with van der Waals surface area (Å²) in [6, 6.07) is 20.9. The predicted molar refractivity (Wildman–Crippen MR) is 129 cm³/mol. The molecule has 3 aromatic rings. The molecule has 0 spiro atoms. The van der Waals surface area contributed by atoms with Crippen LogP contribution in [-0.2, 0) is 16.0 Å². The van der Waals surface area contributed by atoms with Crippen molar-refractivity contribution in [2.45, 2.75) is 32.4 Å². The lowest BCUT2D eigenvalue weighted by molar-refractivity contribution is -0.132. The van der Waals surface area contributed by atoms with Gasteiger partial charge in [-0.05, 0) is 67.4 Å². The molecule has 6 nitrogen and oxygen atoms in total. The average molecular weight is 456 g/mol. The molecule has 1 unspecified atom stereocenters. The molecule has 172 valence electrons. The van der Waals surface area contributed by atoms with Gasteiger partial charge in [-0.1, -0.05) is 30.3 Å². The zero-order valence-electron chi connectivity index (χ0n) is 19.0. The fraction of sp³-hybridized carbons (Fsp3) is 0.214. The first kappa shape index (κ1) is 21.8. The van der Waals surface area contributed by atoms with E-state index in [-0.39, 0.29) is 17.4 Å². The molecule has 2 aliphatic rings. The van der Waals surface area contributed by atoms with Gasteiger partial charge in [0.25, 0.3) is 11.7 Å². The number of rotatable bonds is 5. The highest BCUT2D eigenvalue weighted by Gasteiger charge is 2.47. The monoisotopic (exact) mass is 455 g/mol. The normalized spacial score (nSPS) is 18.8. The van der Waals surface area contributed by atoms with Crippen LogP contribution < -0.4 is 14.4 Å². The summed E-state index contributed by atoms with van der Waals surface area (Å²) in [5.41, 5.74) is 2.79. The van der Waals surface area contributed by atoms with E-state index in [1.807, 2.05) is 62.4 Å². The zero-order chi connectivity index (χ0) is 23.8. The Morgan fingerprint density at radius 3 is 2.47 bits per heavy atom. The molecule has 34 heavy (non-hydrogen) atoms. The van der Waals surface area contributed by atoms with E-state index in [9.17, 15) is 14.7 Å². The van der Waals surface area contributed by atoms with E-state index < -0.39 is 17.7 Å². The molecule has 0 aromatic heterocycles. The number of para-hydroxylation sites is 1. The van der Waals surface area contributed by atoms with Crippen LogP contribution in [0.15, 0.2) is 78.4 Å². The van der Waals surface area contributed by atoms with Gasteiger partial charge in [-0.2, -0.15) is 0 Å². The summed E-state index contributed by atoms with van der Waals surface area (Å²) in [5, 5.41) is 11.3. The molecule has 0 radical (unpaired) electrons. The largest absolute Gasteiger partial charge is 0.507 e. The van der Waals surface area contributed by atoms with Crippen LogP contribution in [0.25, 0.3) is 5.76 Å². The van der Waals surface area contributed by atoms with Gasteiger partial charge in [-0.3, -0.25) is 14.5 Å². The second-order valence-corrected chi connectivity index (χ2v) is 8.66. The van der Waals surface area contributed by atoms with Crippen molar-refractivity contribution in [3.8, 4) is 11.5 Å². The number of carbonyl (C=O) groups is 2. The van der Waals surface area contributed by atoms with Crippen molar-refractivity contribution in [1.82, 2.24) is 0 Å². The molecular formula is C28H25NO5. The van der Waals surface area contributed by atoms with Crippen LogP contribution in [0.4, 0.5) is 5.69 Å². The van der Waals surface area contributed by atoms with Gasteiger partial charge in [0.15, 0.2) is 0 Å². The van der Waals surface area contributed by atoms with E-state index in [1.54, 1.807) is 24.3 Å². The lowest BCUT2D eigenvalue weighted by Crippen LogP contribution is -2.29. The first-order valence-corrected chi connectivity index (χ1v) is 11.3. The second kappa shape index (κ2) is 8.71. The van der Waals surface area contributed by atoms with Crippen LogP contribution in [-0.4, -0.2) is 29.5 Å². The molecule has 0 bridgehead atoms. The molecular weight excluding hydrogens is 430 g/mol. The Bertz CT molecular complexity index is 1280. The number of amides is 1. The summed E-state index contributed by atoms with van der Waals surface area (Å²) in [6.45, 7) is 4.47. The van der Waals surface area contributed by atoms with E-state index in [4.69, 9.17) is 9.47 Å². The highest BCUT2D eigenvalue weighted by atomic mass is 16.5. The van der Waals surface area contributed by atoms with Gasteiger partial charge in [0.05, 0.1) is 24.3 Å². The number of benzene rings is 3. The lowest BCUT2D eigenvalue weighted by Gasteiger charge is -2.25. The third kappa shape index (κ3) is 3.81. The van der Waals surface area contributed by atoms with Gasteiger partial charge < -0.3 is 14.6 Å². The summed E-state index contributed by atoms with van der Waals surface area (Å²) in [7, 11) is 0. The van der Waals surface area contributed by atoms with Crippen molar-refractivity contribution in [1.29, 1.82) is 0 Å². The number of carbonyl (C=O) groups excluding carboxylic acids is 2. The average Bonchev–Trinajstić information content (AvgIpc) is 3.41. The minimum absolute atomic E-state index is 0.0181. The van der Waals surface area contributed by atoms with Crippen LogP contribution in [0.2, 0.25) is 0 Å². The SMILES string of the molecule is CC(C)Oc1ccc(C2/C(=C(/O)c3ccc4c(c3)CCO4)C(=O)C(=O)N2c2ccccc2)cc1. The molecule has 0 aliphatic carbocycles. The van der Waals surface area contributed by atoms with Crippen molar-refractivity contribution in [2.75, 3.05) is 11.5 Å². The summed E-state index contributed by atoms with van der Waals surface area (Å²) >= 11 is 0. The molecule has 1 atom stereocenters. The Morgan fingerprint density at radius 2 is 1.76 bits per heavy atom. The van der Waals surface area contributed by atoms with Gasteiger partial charge in [0, 0.05) is 17.7 Å². The Hall–Kier alpha value is -4.06. The standard InChI is InChI=1S/C28H25NO5/c1-17(2)34-22-11-8-18(9-12-22)25-24(26(30)20-10-13-23-19(16-20)14-15-33-23)27(31)28(32)29(25)21-6-4-3-5-7-21/h3-13,16-17,25,30H,14-15H2,1-2H3/b26-24-. The molecule has 2 heterocycles. The van der Waals surface area contributed by atoms with Crippen molar-refractivity contribution in [3.05, 3.63) is 95.1 Å². The fourth-order valence-electron chi connectivity index (χ4n) is 4.49. The number of nitrogens with zero attached hydrogens (tertiary/aromatic N) is 1. The van der Waals surface area contributed by atoms with Gasteiger partial charge in [-0.15, -0.1) is 0 Å². The van der Waals surface area contributed by atoms with Crippen LogP contribution in [0.3, 0.4) is 0 Å². The predicted octanol–water partition coefficient (Wildman–Crippen LogP) is 5.04. The van der Waals surface area contributed by atoms with Gasteiger partial charge in [0.1, 0.15) is 17.3 Å². The quantitative estimate of drug-likeness (QED) is 0.332. The summed E-state index contributed by atoms with van der Waals surface area (Å²) in [5.74, 6) is -0.123. The smallest absolute Gasteiger partial charge is 0.300 e. The van der Waals surface area contributed by atoms with Crippen molar-refractivity contribution in [3.63, 3.8) is 0 Å². The highest BCUT2D eigenvalue weighted by Crippen LogP contribution is 2.43. The number of aliphatic hydroxyl groups is 1. The van der Waals surface area contributed by atoms with Gasteiger partial charge >= 0.3 is 0 Å². The number of ether oxygens (including phenoxy) is 2. The molecule has 6 heteroatoms. The summed E-state index contributed by atoms with van der Waals surface area (Å²) in [4.78, 5) is 27.9. The van der Waals surface area contributed by atoms with E-state index in [0.29, 0.717) is 29.2 Å². The zero-order valence-corrected chi connectivity index (χ0v) is 19.0. The van der Waals surface area contributed by atoms with Crippen molar-refractivity contribution in [2.24, 2.45) is 0 Å². The maximum Gasteiger partial charge on any atom is 0.300 e. The minimum atomic E-state index is -0.778. The Kier molecular flexibility index (Phi) is 5.57. The van der Waals surface area contributed by atoms with E-state index in [2.05, 4.69) is 0 Å². The van der Waals surface area contributed by atoms with Gasteiger partial charge in [-0.25, -0.2) is 0 Å². The Labute approximate surface area is 198 Å². The number of anilines is 1. The fourth-order valence-corrected chi connectivity index (χ4v) is 4.49. The topological polar surface area (TPSA) is 76.1 Å². The molecule has 1 amide bonds. The summed E-state index contributed by atoms with van der Waals surface area (Å²) in [6.07, 6.45) is 0.750. The maximum absolute atomic E-state index is 13.3. The lowest BCUT2D eigenvalue weighted by atomic mass is 9.94. The number of hydrogen-bond acceptors (Lipinski definition) is 5. The van der Waals surface area contributed by atoms with Crippen LogP contribution in [0, 0.1) is 0 Å². The van der Waals surface area contributed by atoms with E-state index in [0.717, 1.165) is 17.7 Å². The Balaban J connectivity index is 1.65. The molecule has 1 saturated heterocycles. The first-order chi connectivity index (χ1) is 16.4. The number of aliphatic hydroxyl groups excluding tert-OH is 1. The van der Waals surface area contributed by atoms with Crippen LogP contribution in [0.5, 0.6) is 11.5 Å². The number of Topliss-reactive ketones (excluding diaryl/α,β-unsaturated/α-hetero) is 1. The third-order valence-electron chi connectivity index (χ3n) is 6.01. The van der Waals surface area contributed by atoms with Crippen molar-refractivity contribution < 1.29 is 24.2 Å². The molecule has 1 N–H and O–H groups in total. The minimum Gasteiger partial charge on any atom is -0.507 e. The molecule has 0 saturated carbocycles. The Morgan fingerprint density at radius 1 is 1.03 bits per heavy atom.